The Balaban J connectivity index is 2.57. The summed E-state index contributed by atoms with van der Waals surface area (Å²) in [4.78, 5) is 12.6. The van der Waals surface area contributed by atoms with Crippen LogP contribution >= 0.6 is 0 Å². The molecule has 0 atom stereocenters. The van der Waals surface area contributed by atoms with Gasteiger partial charge in [-0.05, 0) is 31.6 Å². The first-order valence-electron chi connectivity index (χ1n) is 7.83. The molecule has 124 valence electrons. The van der Waals surface area contributed by atoms with Crippen LogP contribution in [-0.2, 0) is 17.9 Å². The molecule has 0 aliphatic heterocycles. The Labute approximate surface area is 133 Å². The Kier molecular flexibility index (Phi) is 8.55. The van der Waals surface area contributed by atoms with Crippen molar-refractivity contribution in [1.82, 2.24) is 10.2 Å². The zero-order valence-corrected chi connectivity index (χ0v) is 13.9. The average Bonchev–Trinajstić information content (AvgIpc) is 2.50. The smallest absolute Gasteiger partial charge is 0.304 e. The first kappa shape index (κ1) is 18.5. The molecule has 0 aromatic heterocycles. The standard InChI is InChI=1S/C17H28N2O3/c1-4-5-9-18-12-15-7-6-14(11-16(15)22-3)13-19(2)10-8-17(20)21/h6-7,11,18H,4-5,8-10,12-13H2,1-3H3,(H,20,21). The summed E-state index contributed by atoms with van der Waals surface area (Å²) in [5.74, 6) is 0.117. The predicted octanol–water partition coefficient (Wildman–Crippen LogP) is 2.49. The van der Waals surface area contributed by atoms with E-state index in [1.165, 1.54) is 12.8 Å². The van der Waals surface area contributed by atoms with Crippen LogP contribution in [0, 0.1) is 0 Å². The number of nitrogens with one attached hydrogen (secondary N) is 1. The Bertz CT molecular complexity index is 463. The van der Waals surface area contributed by atoms with Crippen molar-refractivity contribution in [3.8, 4) is 5.75 Å². The maximum absolute atomic E-state index is 10.6. The van der Waals surface area contributed by atoms with Crippen LogP contribution in [0.1, 0.15) is 37.3 Å². The van der Waals surface area contributed by atoms with E-state index in [4.69, 9.17) is 9.84 Å². The van der Waals surface area contributed by atoms with Gasteiger partial charge in [0.25, 0.3) is 0 Å². The molecular weight excluding hydrogens is 280 g/mol. The molecule has 0 spiro atoms. The SMILES string of the molecule is CCCCNCc1ccc(CN(C)CCC(=O)O)cc1OC. The Hall–Kier alpha value is -1.59. The molecule has 0 radical (unpaired) electrons. The number of carboxylic acids is 1. The fourth-order valence-electron chi connectivity index (χ4n) is 2.24. The number of rotatable bonds is 11. The molecule has 1 aromatic rings. The van der Waals surface area contributed by atoms with Crippen molar-refractivity contribution in [3.05, 3.63) is 29.3 Å². The van der Waals surface area contributed by atoms with Gasteiger partial charge >= 0.3 is 5.97 Å². The average molecular weight is 308 g/mol. The molecule has 2 N–H and O–H groups in total. The molecule has 22 heavy (non-hydrogen) atoms. The van der Waals surface area contributed by atoms with E-state index in [1.807, 2.05) is 18.0 Å². The monoisotopic (exact) mass is 308 g/mol. The van der Waals surface area contributed by atoms with Gasteiger partial charge in [0.2, 0.25) is 0 Å². The van der Waals surface area contributed by atoms with Gasteiger partial charge in [0.15, 0.2) is 0 Å². The number of hydrogen-bond acceptors (Lipinski definition) is 4. The van der Waals surface area contributed by atoms with Crippen LogP contribution in [0.3, 0.4) is 0 Å². The minimum absolute atomic E-state index is 0.160. The highest BCUT2D eigenvalue weighted by Crippen LogP contribution is 2.21. The van der Waals surface area contributed by atoms with E-state index < -0.39 is 5.97 Å². The third kappa shape index (κ3) is 6.91. The molecule has 5 heteroatoms. The van der Waals surface area contributed by atoms with Crippen molar-refractivity contribution in [2.45, 2.75) is 39.3 Å². The van der Waals surface area contributed by atoms with Crippen LogP contribution in [0.5, 0.6) is 5.75 Å². The fraction of sp³-hybridized carbons (Fsp3) is 0.588. The van der Waals surface area contributed by atoms with Crippen LogP contribution < -0.4 is 10.1 Å². The summed E-state index contributed by atoms with van der Waals surface area (Å²) in [5.41, 5.74) is 2.28. The van der Waals surface area contributed by atoms with E-state index in [-0.39, 0.29) is 6.42 Å². The number of unbranched alkanes of at least 4 members (excludes halogenated alkanes) is 1. The lowest BCUT2D eigenvalue weighted by Crippen LogP contribution is -2.21. The molecule has 0 aliphatic carbocycles. The summed E-state index contributed by atoms with van der Waals surface area (Å²) in [5, 5.41) is 12.1. The highest BCUT2D eigenvalue weighted by molar-refractivity contribution is 5.66. The molecule has 0 fully saturated rings. The molecule has 0 unspecified atom stereocenters. The quantitative estimate of drug-likeness (QED) is 0.615. The van der Waals surface area contributed by atoms with Gasteiger partial charge in [-0.2, -0.15) is 0 Å². The van der Waals surface area contributed by atoms with Gasteiger partial charge in [-0.25, -0.2) is 0 Å². The zero-order chi connectivity index (χ0) is 16.4. The minimum atomic E-state index is -0.766. The molecule has 0 amide bonds. The summed E-state index contributed by atoms with van der Waals surface area (Å²) in [7, 11) is 3.61. The molecule has 0 saturated carbocycles. The second kappa shape index (κ2) is 10.2. The lowest BCUT2D eigenvalue weighted by molar-refractivity contribution is -0.137. The van der Waals surface area contributed by atoms with Gasteiger partial charge in [0.1, 0.15) is 5.75 Å². The Morgan fingerprint density at radius 3 is 2.82 bits per heavy atom. The minimum Gasteiger partial charge on any atom is -0.496 e. The van der Waals surface area contributed by atoms with Crippen molar-refractivity contribution in [3.63, 3.8) is 0 Å². The molecule has 0 saturated heterocycles. The lowest BCUT2D eigenvalue weighted by atomic mass is 10.1. The van der Waals surface area contributed by atoms with E-state index in [0.29, 0.717) is 13.1 Å². The van der Waals surface area contributed by atoms with Crippen LogP contribution in [-0.4, -0.2) is 43.2 Å². The van der Waals surface area contributed by atoms with Crippen molar-refractivity contribution < 1.29 is 14.6 Å². The van der Waals surface area contributed by atoms with E-state index in [2.05, 4.69) is 24.4 Å². The topological polar surface area (TPSA) is 61.8 Å². The number of ether oxygens (including phenoxy) is 1. The van der Waals surface area contributed by atoms with Crippen LogP contribution in [0.4, 0.5) is 0 Å². The van der Waals surface area contributed by atoms with Gasteiger partial charge in [-0.1, -0.05) is 25.5 Å². The summed E-state index contributed by atoms with van der Waals surface area (Å²) in [6, 6.07) is 6.20. The van der Waals surface area contributed by atoms with Crippen LogP contribution in [0.15, 0.2) is 18.2 Å². The number of aliphatic carboxylic acids is 1. The first-order valence-corrected chi connectivity index (χ1v) is 7.83. The lowest BCUT2D eigenvalue weighted by Gasteiger charge is -2.17. The summed E-state index contributed by atoms with van der Waals surface area (Å²) < 4.78 is 5.47. The third-order valence-corrected chi connectivity index (χ3v) is 3.53. The second-order valence-corrected chi connectivity index (χ2v) is 5.56. The van der Waals surface area contributed by atoms with Gasteiger partial charge in [-0.3, -0.25) is 4.79 Å². The van der Waals surface area contributed by atoms with Crippen molar-refractivity contribution >= 4 is 5.97 Å². The fourth-order valence-corrected chi connectivity index (χ4v) is 2.24. The third-order valence-electron chi connectivity index (χ3n) is 3.53. The van der Waals surface area contributed by atoms with Gasteiger partial charge in [0.05, 0.1) is 13.5 Å². The largest absolute Gasteiger partial charge is 0.496 e. The van der Waals surface area contributed by atoms with E-state index in [0.717, 1.165) is 30.0 Å². The number of nitrogens with zero attached hydrogens (tertiary/aromatic N) is 1. The maximum Gasteiger partial charge on any atom is 0.304 e. The Morgan fingerprint density at radius 1 is 1.41 bits per heavy atom. The molecule has 0 aliphatic rings. The second-order valence-electron chi connectivity index (χ2n) is 5.56. The molecular formula is C17H28N2O3. The molecule has 1 aromatic carbocycles. The van der Waals surface area contributed by atoms with Gasteiger partial charge in [-0.15, -0.1) is 0 Å². The maximum atomic E-state index is 10.6. The summed E-state index contributed by atoms with van der Waals surface area (Å²) in [6.45, 7) is 5.25. The zero-order valence-electron chi connectivity index (χ0n) is 13.9. The van der Waals surface area contributed by atoms with Gasteiger partial charge in [0, 0.05) is 25.2 Å². The van der Waals surface area contributed by atoms with Crippen molar-refractivity contribution in [1.29, 1.82) is 0 Å². The number of hydrogen-bond donors (Lipinski definition) is 2. The van der Waals surface area contributed by atoms with Crippen molar-refractivity contribution in [2.24, 2.45) is 0 Å². The molecule has 5 nitrogen and oxygen atoms in total. The van der Waals surface area contributed by atoms with E-state index >= 15 is 0 Å². The van der Waals surface area contributed by atoms with Crippen molar-refractivity contribution in [2.75, 3.05) is 27.2 Å². The highest BCUT2D eigenvalue weighted by Gasteiger charge is 2.07. The van der Waals surface area contributed by atoms with E-state index in [1.54, 1.807) is 7.11 Å². The molecule has 0 heterocycles. The first-order chi connectivity index (χ1) is 10.6. The van der Waals surface area contributed by atoms with Gasteiger partial charge < -0.3 is 20.1 Å². The molecule has 0 bridgehead atoms. The molecule has 1 rings (SSSR count). The number of carboxylic acid groups (broad SMARTS) is 1. The summed E-state index contributed by atoms with van der Waals surface area (Å²) in [6.07, 6.45) is 2.52. The van der Waals surface area contributed by atoms with Crippen LogP contribution in [0.25, 0.3) is 0 Å². The normalized spacial score (nSPS) is 10.9. The predicted molar refractivity (Wildman–Crippen MR) is 88.2 cm³/mol. The summed E-state index contributed by atoms with van der Waals surface area (Å²) >= 11 is 0. The number of carbonyl (C=O) groups is 1. The van der Waals surface area contributed by atoms with E-state index in [9.17, 15) is 4.79 Å². The highest BCUT2D eigenvalue weighted by atomic mass is 16.5. The Morgan fingerprint density at radius 2 is 2.18 bits per heavy atom. The number of benzene rings is 1. The number of methoxy groups -OCH3 is 1. The van der Waals surface area contributed by atoms with Crippen LogP contribution in [0.2, 0.25) is 0 Å².